The molecule has 0 aromatic carbocycles. The summed E-state index contributed by atoms with van der Waals surface area (Å²) < 4.78 is 5.21. The lowest BCUT2D eigenvalue weighted by Gasteiger charge is -2.38. The second-order valence-electron chi connectivity index (χ2n) is 6.47. The summed E-state index contributed by atoms with van der Waals surface area (Å²) in [5.41, 5.74) is -0.587. The molecular weight excluding hydrogens is 272 g/mol. The van der Waals surface area contributed by atoms with Gasteiger partial charge in [0.25, 0.3) is 0 Å². The third-order valence-electron chi connectivity index (χ3n) is 3.50. The number of nitrogens with zero attached hydrogens (tertiary/aromatic N) is 1. The lowest BCUT2D eigenvalue weighted by Crippen LogP contribution is -2.59. The molecule has 2 amide bonds. The normalized spacial score (nSPS) is 20.7. The molecule has 0 aromatic heterocycles. The standard InChI is InChI=1S/C15H26N2O4/c1-6-10(2)21-12(18)9-11-13(19)16-7-8-17(11)14(20)15(3,4)5/h10-11H,6-9H2,1-5H3,(H,16,19). The lowest BCUT2D eigenvalue weighted by atomic mass is 9.93. The molecular formula is C15H26N2O4. The molecule has 21 heavy (non-hydrogen) atoms. The Morgan fingerprint density at radius 1 is 1.43 bits per heavy atom. The van der Waals surface area contributed by atoms with Crippen molar-refractivity contribution < 1.29 is 19.1 Å². The molecule has 6 heteroatoms. The minimum Gasteiger partial charge on any atom is -0.463 e. The summed E-state index contributed by atoms with van der Waals surface area (Å²) in [5, 5.41) is 2.70. The summed E-state index contributed by atoms with van der Waals surface area (Å²) in [4.78, 5) is 37.8. The molecule has 0 bridgehead atoms. The monoisotopic (exact) mass is 298 g/mol. The Balaban J connectivity index is 2.80. The molecule has 1 fully saturated rings. The van der Waals surface area contributed by atoms with E-state index in [0.717, 1.165) is 0 Å². The maximum atomic E-state index is 12.4. The number of rotatable bonds is 4. The fourth-order valence-corrected chi connectivity index (χ4v) is 2.11. The number of carbonyl (C=O) groups excluding carboxylic acids is 3. The molecule has 1 aliphatic heterocycles. The van der Waals surface area contributed by atoms with Gasteiger partial charge in [0.2, 0.25) is 11.8 Å². The average Bonchev–Trinajstić information content (AvgIpc) is 2.39. The van der Waals surface area contributed by atoms with Gasteiger partial charge in [0.05, 0.1) is 12.5 Å². The first kappa shape index (κ1) is 17.5. The molecule has 6 nitrogen and oxygen atoms in total. The Morgan fingerprint density at radius 3 is 2.57 bits per heavy atom. The van der Waals surface area contributed by atoms with Crippen LogP contribution >= 0.6 is 0 Å². The third-order valence-corrected chi connectivity index (χ3v) is 3.50. The molecule has 0 aromatic rings. The van der Waals surface area contributed by atoms with E-state index in [1.54, 1.807) is 27.7 Å². The number of hydrogen-bond donors (Lipinski definition) is 1. The fraction of sp³-hybridized carbons (Fsp3) is 0.800. The van der Waals surface area contributed by atoms with Crippen LogP contribution in [-0.4, -0.2) is 47.9 Å². The van der Waals surface area contributed by atoms with Crippen molar-refractivity contribution in [1.82, 2.24) is 10.2 Å². The van der Waals surface area contributed by atoms with Crippen LogP contribution in [0.25, 0.3) is 0 Å². The first-order chi connectivity index (χ1) is 9.66. The van der Waals surface area contributed by atoms with Crippen LogP contribution in [0.1, 0.15) is 47.5 Å². The zero-order valence-corrected chi connectivity index (χ0v) is 13.6. The van der Waals surface area contributed by atoms with Gasteiger partial charge in [-0.3, -0.25) is 14.4 Å². The number of ether oxygens (including phenoxy) is 1. The van der Waals surface area contributed by atoms with Crippen molar-refractivity contribution in [3.63, 3.8) is 0 Å². The maximum Gasteiger partial charge on any atom is 0.308 e. The lowest BCUT2D eigenvalue weighted by molar-refractivity contribution is -0.157. The Kier molecular flexibility index (Phi) is 5.75. The van der Waals surface area contributed by atoms with Gasteiger partial charge in [-0.15, -0.1) is 0 Å². The van der Waals surface area contributed by atoms with Crippen molar-refractivity contribution in [3.05, 3.63) is 0 Å². The number of esters is 1. The quantitative estimate of drug-likeness (QED) is 0.788. The van der Waals surface area contributed by atoms with Gasteiger partial charge < -0.3 is 15.0 Å². The van der Waals surface area contributed by atoms with Crippen LogP contribution < -0.4 is 5.32 Å². The zero-order chi connectivity index (χ0) is 16.2. The van der Waals surface area contributed by atoms with Crippen molar-refractivity contribution in [2.45, 2.75) is 59.6 Å². The van der Waals surface area contributed by atoms with E-state index in [1.165, 1.54) is 4.90 Å². The predicted molar refractivity (Wildman–Crippen MR) is 78.4 cm³/mol. The summed E-state index contributed by atoms with van der Waals surface area (Å²) in [5.74, 6) is -0.864. The number of nitrogens with one attached hydrogen (secondary N) is 1. The fourth-order valence-electron chi connectivity index (χ4n) is 2.11. The van der Waals surface area contributed by atoms with E-state index in [0.29, 0.717) is 19.5 Å². The van der Waals surface area contributed by atoms with Gasteiger partial charge in [-0.2, -0.15) is 0 Å². The van der Waals surface area contributed by atoms with Crippen LogP contribution in [0.3, 0.4) is 0 Å². The predicted octanol–water partition coefficient (Wildman–Crippen LogP) is 1.09. The number of carbonyl (C=O) groups is 3. The molecule has 1 saturated heterocycles. The molecule has 2 atom stereocenters. The molecule has 120 valence electrons. The Morgan fingerprint density at radius 2 is 2.05 bits per heavy atom. The smallest absolute Gasteiger partial charge is 0.308 e. The van der Waals surface area contributed by atoms with E-state index in [4.69, 9.17) is 4.74 Å². The van der Waals surface area contributed by atoms with Crippen molar-refractivity contribution in [3.8, 4) is 0 Å². The van der Waals surface area contributed by atoms with Crippen LogP contribution in [0, 0.1) is 5.41 Å². The minimum absolute atomic E-state index is 0.0992. The Bertz CT molecular complexity index is 414. The van der Waals surface area contributed by atoms with Gasteiger partial charge in [-0.25, -0.2) is 0 Å². The number of hydrogen-bond acceptors (Lipinski definition) is 4. The summed E-state index contributed by atoms with van der Waals surface area (Å²) in [7, 11) is 0. The first-order valence-electron chi connectivity index (χ1n) is 7.45. The van der Waals surface area contributed by atoms with Crippen molar-refractivity contribution in [2.24, 2.45) is 5.41 Å². The summed E-state index contributed by atoms with van der Waals surface area (Å²) in [6, 6.07) is -0.776. The number of amides is 2. The topological polar surface area (TPSA) is 75.7 Å². The second-order valence-corrected chi connectivity index (χ2v) is 6.47. The van der Waals surface area contributed by atoms with Crippen molar-refractivity contribution in [2.75, 3.05) is 13.1 Å². The van der Waals surface area contributed by atoms with Gasteiger partial charge in [-0.05, 0) is 13.3 Å². The van der Waals surface area contributed by atoms with Gasteiger partial charge >= 0.3 is 5.97 Å². The molecule has 0 spiro atoms. The highest BCUT2D eigenvalue weighted by molar-refractivity contribution is 5.93. The Hall–Kier alpha value is -1.59. The molecule has 0 saturated carbocycles. The molecule has 1 N–H and O–H groups in total. The maximum absolute atomic E-state index is 12.4. The van der Waals surface area contributed by atoms with E-state index < -0.39 is 17.4 Å². The van der Waals surface area contributed by atoms with Crippen LogP contribution in [0.4, 0.5) is 0 Å². The van der Waals surface area contributed by atoms with Crippen LogP contribution in [0.2, 0.25) is 0 Å². The highest BCUT2D eigenvalue weighted by atomic mass is 16.5. The highest BCUT2D eigenvalue weighted by Gasteiger charge is 2.39. The second kappa shape index (κ2) is 6.91. The molecule has 1 rings (SSSR count). The van der Waals surface area contributed by atoms with Crippen molar-refractivity contribution >= 4 is 17.8 Å². The van der Waals surface area contributed by atoms with Crippen LogP contribution in [0.5, 0.6) is 0 Å². The van der Waals surface area contributed by atoms with E-state index >= 15 is 0 Å². The van der Waals surface area contributed by atoms with Gasteiger partial charge in [0.1, 0.15) is 6.04 Å². The molecule has 1 aliphatic rings. The van der Waals surface area contributed by atoms with Crippen molar-refractivity contribution in [1.29, 1.82) is 0 Å². The van der Waals surface area contributed by atoms with Gasteiger partial charge in [0.15, 0.2) is 0 Å². The van der Waals surface area contributed by atoms with Crippen LogP contribution in [0.15, 0.2) is 0 Å². The SMILES string of the molecule is CCC(C)OC(=O)CC1C(=O)NCCN1C(=O)C(C)(C)C. The third kappa shape index (κ3) is 4.72. The van der Waals surface area contributed by atoms with E-state index in [9.17, 15) is 14.4 Å². The summed E-state index contributed by atoms with van der Waals surface area (Å²) in [6.07, 6.45) is 0.432. The zero-order valence-electron chi connectivity index (χ0n) is 13.6. The van der Waals surface area contributed by atoms with Gasteiger partial charge in [0, 0.05) is 18.5 Å². The molecule has 1 heterocycles. The summed E-state index contributed by atoms with van der Waals surface area (Å²) >= 11 is 0. The largest absolute Gasteiger partial charge is 0.463 e. The summed E-state index contributed by atoms with van der Waals surface area (Å²) in [6.45, 7) is 9.96. The Labute approximate surface area is 126 Å². The van der Waals surface area contributed by atoms with E-state index in [-0.39, 0.29) is 24.3 Å². The highest BCUT2D eigenvalue weighted by Crippen LogP contribution is 2.22. The van der Waals surface area contributed by atoms with E-state index in [2.05, 4.69) is 5.32 Å². The molecule has 2 unspecified atom stereocenters. The van der Waals surface area contributed by atoms with E-state index in [1.807, 2.05) is 6.92 Å². The van der Waals surface area contributed by atoms with Crippen LogP contribution in [-0.2, 0) is 19.1 Å². The first-order valence-corrected chi connectivity index (χ1v) is 7.45. The van der Waals surface area contributed by atoms with Gasteiger partial charge in [-0.1, -0.05) is 27.7 Å². The minimum atomic E-state index is -0.776. The molecule has 0 aliphatic carbocycles. The average molecular weight is 298 g/mol. The molecule has 0 radical (unpaired) electrons. The number of piperazine rings is 1.